The molecule has 0 aliphatic heterocycles. The minimum absolute atomic E-state index is 0.0170. The fourth-order valence-electron chi connectivity index (χ4n) is 1.60. The van der Waals surface area contributed by atoms with Crippen molar-refractivity contribution in [3.63, 3.8) is 0 Å². The van der Waals surface area contributed by atoms with Gasteiger partial charge >= 0.3 is 11.9 Å². The van der Waals surface area contributed by atoms with Crippen molar-refractivity contribution in [3.8, 4) is 0 Å². The van der Waals surface area contributed by atoms with Crippen molar-refractivity contribution >= 4 is 23.3 Å². The quantitative estimate of drug-likeness (QED) is 0.658. The highest BCUT2D eigenvalue weighted by molar-refractivity contribution is 5.99. The molecular formula is C15H20N2O4. The molecule has 0 amide bonds. The molecule has 0 bridgehead atoms. The maximum Gasteiger partial charge on any atom is 0.354 e. The Labute approximate surface area is 124 Å². The van der Waals surface area contributed by atoms with Crippen LogP contribution in [-0.2, 0) is 19.1 Å². The van der Waals surface area contributed by atoms with Gasteiger partial charge in [-0.15, -0.1) is 0 Å². The number of ether oxygens (including phenoxy) is 2. The lowest BCUT2D eigenvalue weighted by molar-refractivity contribution is -0.138. The van der Waals surface area contributed by atoms with Gasteiger partial charge in [-0.25, -0.2) is 9.59 Å². The molecule has 0 saturated heterocycles. The van der Waals surface area contributed by atoms with Gasteiger partial charge in [-0.3, -0.25) is 0 Å². The van der Waals surface area contributed by atoms with Gasteiger partial charge in [0.2, 0.25) is 0 Å². The summed E-state index contributed by atoms with van der Waals surface area (Å²) in [4.78, 5) is 25.0. The SMILES string of the molecule is COC(=O)/C=C(/Nc1cc(N(C)C)ccc1C)C(=O)OC. The van der Waals surface area contributed by atoms with Crippen LogP contribution < -0.4 is 10.2 Å². The van der Waals surface area contributed by atoms with Gasteiger partial charge in [0.05, 0.1) is 20.3 Å². The number of rotatable bonds is 5. The Kier molecular flexibility index (Phi) is 5.78. The van der Waals surface area contributed by atoms with Gasteiger partial charge in [0, 0.05) is 25.5 Å². The van der Waals surface area contributed by atoms with Crippen LogP contribution >= 0.6 is 0 Å². The van der Waals surface area contributed by atoms with Crippen molar-refractivity contribution in [2.24, 2.45) is 0 Å². The maximum atomic E-state index is 11.7. The molecule has 0 radical (unpaired) electrons. The molecule has 0 spiro atoms. The molecule has 6 heteroatoms. The summed E-state index contributed by atoms with van der Waals surface area (Å²) in [6.45, 7) is 1.90. The first-order valence-electron chi connectivity index (χ1n) is 6.32. The number of nitrogens with zero attached hydrogens (tertiary/aromatic N) is 1. The van der Waals surface area contributed by atoms with Crippen molar-refractivity contribution in [3.05, 3.63) is 35.5 Å². The standard InChI is InChI=1S/C15H20N2O4/c1-10-6-7-11(17(2)3)8-12(10)16-13(15(19)21-5)9-14(18)20-4/h6-9,16H,1-5H3/b13-9+. The molecule has 1 rings (SSSR count). The zero-order valence-corrected chi connectivity index (χ0v) is 12.9. The van der Waals surface area contributed by atoms with E-state index in [1.54, 1.807) is 0 Å². The first kappa shape index (κ1) is 16.6. The molecule has 0 aliphatic rings. The van der Waals surface area contributed by atoms with E-state index in [-0.39, 0.29) is 5.70 Å². The van der Waals surface area contributed by atoms with Crippen LogP contribution in [0.2, 0.25) is 0 Å². The average molecular weight is 292 g/mol. The lowest BCUT2D eigenvalue weighted by atomic mass is 10.1. The maximum absolute atomic E-state index is 11.7. The number of nitrogens with one attached hydrogen (secondary N) is 1. The number of benzene rings is 1. The van der Waals surface area contributed by atoms with Crippen molar-refractivity contribution in [1.29, 1.82) is 0 Å². The lowest BCUT2D eigenvalue weighted by Crippen LogP contribution is -2.16. The second kappa shape index (κ2) is 7.33. The number of hydrogen-bond donors (Lipinski definition) is 1. The van der Waals surface area contributed by atoms with E-state index in [1.807, 2.05) is 44.1 Å². The molecule has 0 heterocycles. The minimum atomic E-state index is -0.643. The van der Waals surface area contributed by atoms with Crippen LogP contribution in [0.3, 0.4) is 0 Å². The van der Waals surface area contributed by atoms with Gasteiger partial charge < -0.3 is 19.7 Å². The van der Waals surface area contributed by atoms with E-state index in [0.717, 1.165) is 17.3 Å². The molecule has 0 aromatic heterocycles. The Bertz CT molecular complexity index is 565. The summed E-state index contributed by atoms with van der Waals surface area (Å²) in [5.41, 5.74) is 2.62. The molecule has 1 aromatic carbocycles. The molecule has 0 atom stereocenters. The lowest BCUT2D eigenvalue weighted by Gasteiger charge is -2.17. The van der Waals surface area contributed by atoms with Gasteiger partial charge in [-0.2, -0.15) is 0 Å². The van der Waals surface area contributed by atoms with Crippen LogP contribution in [0.25, 0.3) is 0 Å². The summed E-state index contributed by atoms with van der Waals surface area (Å²) in [6, 6.07) is 5.76. The summed E-state index contributed by atoms with van der Waals surface area (Å²) < 4.78 is 9.19. The molecule has 21 heavy (non-hydrogen) atoms. The molecule has 0 fully saturated rings. The highest BCUT2D eigenvalue weighted by atomic mass is 16.5. The Hall–Kier alpha value is -2.50. The second-order valence-electron chi connectivity index (χ2n) is 4.59. The number of aryl methyl sites for hydroxylation is 1. The van der Waals surface area contributed by atoms with Crippen LogP contribution in [0.1, 0.15) is 5.56 Å². The smallest absolute Gasteiger partial charge is 0.354 e. The van der Waals surface area contributed by atoms with E-state index in [4.69, 9.17) is 0 Å². The molecule has 6 nitrogen and oxygen atoms in total. The van der Waals surface area contributed by atoms with E-state index in [0.29, 0.717) is 5.69 Å². The highest BCUT2D eigenvalue weighted by Crippen LogP contribution is 2.23. The number of carbonyl (C=O) groups is 2. The summed E-state index contributed by atoms with van der Waals surface area (Å²) in [6.07, 6.45) is 1.06. The molecule has 0 saturated carbocycles. The number of methoxy groups -OCH3 is 2. The topological polar surface area (TPSA) is 67.9 Å². The zero-order valence-electron chi connectivity index (χ0n) is 12.9. The Morgan fingerprint density at radius 2 is 1.86 bits per heavy atom. The fraction of sp³-hybridized carbons (Fsp3) is 0.333. The molecule has 1 aromatic rings. The van der Waals surface area contributed by atoms with Crippen LogP contribution in [-0.4, -0.2) is 40.3 Å². The summed E-state index contributed by atoms with van der Waals surface area (Å²) in [5, 5.41) is 2.92. The molecule has 1 N–H and O–H groups in total. The van der Waals surface area contributed by atoms with Crippen LogP contribution in [0.5, 0.6) is 0 Å². The number of esters is 2. The zero-order chi connectivity index (χ0) is 16.0. The predicted octanol–water partition coefficient (Wildman–Crippen LogP) is 1.70. The third-order valence-corrected chi connectivity index (χ3v) is 2.88. The number of hydrogen-bond acceptors (Lipinski definition) is 6. The summed E-state index contributed by atoms with van der Waals surface area (Å²) >= 11 is 0. The van der Waals surface area contributed by atoms with Crippen molar-refractivity contribution in [2.75, 3.05) is 38.5 Å². The van der Waals surface area contributed by atoms with E-state index in [9.17, 15) is 9.59 Å². The summed E-state index contributed by atoms with van der Waals surface area (Å²) in [5.74, 6) is -1.28. The van der Waals surface area contributed by atoms with Crippen LogP contribution in [0.4, 0.5) is 11.4 Å². The van der Waals surface area contributed by atoms with Crippen molar-refractivity contribution in [1.82, 2.24) is 0 Å². The first-order valence-corrected chi connectivity index (χ1v) is 6.32. The average Bonchev–Trinajstić information content (AvgIpc) is 2.47. The van der Waals surface area contributed by atoms with Crippen molar-refractivity contribution < 1.29 is 19.1 Å². The number of anilines is 2. The molecule has 0 unspecified atom stereocenters. The van der Waals surface area contributed by atoms with E-state index >= 15 is 0 Å². The fourth-order valence-corrected chi connectivity index (χ4v) is 1.60. The Morgan fingerprint density at radius 3 is 2.38 bits per heavy atom. The number of carbonyl (C=O) groups excluding carboxylic acids is 2. The summed E-state index contributed by atoms with van der Waals surface area (Å²) in [7, 11) is 6.32. The van der Waals surface area contributed by atoms with E-state index in [2.05, 4.69) is 14.8 Å². The minimum Gasteiger partial charge on any atom is -0.466 e. The molecule has 0 aliphatic carbocycles. The normalized spacial score (nSPS) is 10.8. The van der Waals surface area contributed by atoms with Gasteiger partial charge in [-0.1, -0.05) is 6.07 Å². The molecular weight excluding hydrogens is 272 g/mol. The third kappa shape index (κ3) is 4.52. The largest absolute Gasteiger partial charge is 0.466 e. The Morgan fingerprint density at radius 1 is 1.19 bits per heavy atom. The van der Waals surface area contributed by atoms with Gasteiger partial charge in [0.1, 0.15) is 5.70 Å². The van der Waals surface area contributed by atoms with Gasteiger partial charge in [0.15, 0.2) is 0 Å². The highest BCUT2D eigenvalue weighted by Gasteiger charge is 2.14. The van der Waals surface area contributed by atoms with Gasteiger partial charge in [-0.05, 0) is 24.6 Å². The van der Waals surface area contributed by atoms with Crippen molar-refractivity contribution in [2.45, 2.75) is 6.92 Å². The van der Waals surface area contributed by atoms with E-state index in [1.165, 1.54) is 14.2 Å². The first-order chi connectivity index (χ1) is 9.88. The van der Waals surface area contributed by atoms with Crippen LogP contribution in [0.15, 0.2) is 30.0 Å². The van der Waals surface area contributed by atoms with Gasteiger partial charge in [0.25, 0.3) is 0 Å². The van der Waals surface area contributed by atoms with Crippen LogP contribution in [0, 0.1) is 6.92 Å². The monoisotopic (exact) mass is 292 g/mol. The second-order valence-corrected chi connectivity index (χ2v) is 4.59. The van der Waals surface area contributed by atoms with E-state index < -0.39 is 11.9 Å². The molecule has 114 valence electrons. The third-order valence-electron chi connectivity index (χ3n) is 2.88. The Balaban J connectivity index is 3.14. The predicted molar refractivity (Wildman–Crippen MR) is 81.2 cm³/mol.